The van der Waals surface area contributed by atoms with Gasteiger partial charge in [-0.25, -0.2) is 0 Å². The number of hydrogen-bond donors (Lipinski definition) is 2. The molecule has 1 atom stereocenters. The molecule has 4 heteroatoms. The molecule has 14 heavy (non-hydrogen) atoms. The van der Waals surface area contributed by atoms with Gasteiger partial charge in [-0.1, -0.05) is 34.7 Å². The van der Waals surface area contributed by atoms with Crippen molar-refractivity contribution in [2.45, 2.75) is 26.9 Å². The van der Waals surface area contributed by atoms with E-state index in [0.29, 0.717) is 0 Å². The third-order valence-corrected chi connectivity index (χ3v) is 2.60. The van der Waals surface area contributed by atoms with Crippen LogP contribution in [-0.2, 0) is 4.79 Å². The Labute approximate surface area is 98.2 Å². The topological polar surface area (TPSA) is 63.3 Å². The van der Waals surface area contributed by atoms with E-state index >= 15 is 0 Å². The molecule has 0 aliphatic rings. The average Bonchev–Trinajstić information content (AvgIpc) is 2.12. The van der Waals surface area contributed by atoms with Crippen LogP contribution in [0.2, 0.25) is 0 Å². The molecule has 0 aromatic rings. The summed E-state index contributed by atoms with van der Waals surface area (Å²) in [6, 6.07) is 0. The third kappa shape index (κ3) is 3.42. The first-order valence-corrected chi connectivity index (χ1v) is 5.50. The van der Waals surface area contributed by atoms with Crippen molar-refractivity contribution in [2.75, 3.05) is 0 Å². The van der Waals surface area contributed by atoms with Crippen LogP contribution in [0.5, 0.6) is 0 Å². The standard InChI is InChI=1S/C10H16INO2/c1-7(5-4-6-11)8(13)10(2,3)9(12)14/h4-6,8,13H,1-3H3,(H2,12,14)/b6-4-,7-5-/t8-/m1/s1. The minimum absolute atomic E-state index is 0.504. The predicted molar refractivity (Wildman–Crippen MR) is 65.9 cm³/mol. The first-order chi connectivity index (χ1) is 6.34. The molecule has 0 bridgehead atoms. The highest BCUT2D eigenvalue weighted by Gasteiger charge is 2.34. The fraction of sp³-hybridized carbons (Fsp3) is 0.500. The quantitative estimate of drug-likeness (QED) is 0.614. The molecule has 0 saturated carbocycles. The minimum atomic E-state index is -0.931. The molecule has 80 valence electrons. The van der Waals surface area contributed by atoms with Gasteiger partial charge in [-0.15, -0.1) is 0 Å². The largest absolute Gasteiger partial charge is 0.388 e. The van der Waals surface area contributed by atoms with E-state index in [1.807, 2.05) is 4.08 Å². The SMILES string of the molecule is C/C(=C/C=C\I)[C@@H](O)C(C)(C)C(N)=O. The molecule has 0 aromatic carbocycles. The highest BCUT2D eigenvalue weighted by molar-refractivity contribution is 14.1. The van der Waals surface area contributed by atoms with Crippen LogP contribution in [-0.4, -0.2) is 17.1 Å². The first-order valence-electron chi connectivity index (χ1n) is 4.25. The van der Waals surface area contributed by atoms with Crippen molar-refractivity contribution in [2.24, 2.45) is 11.1 Å². The highest BCUT2D eigenvalue weighted by atomic mass is 127. The zero-order valence-corrected chi connectivity index (χ0v) is 10.8. The monoisotopic (exact) mass is 309 g/mol. The van der Waals surface area contributed by atoms with Gasteiger partial charge in [0.1, 0.15) is 0 Å². The summed E-state index contributed by atoms with van der Waals surface area (Å²) < 4.78 is 1.82. The van der Waals surface area contributed by atoms with Crippen molar-refractivity contribution >= 4 is 28.5 Å². The van der Waals surface area contributed by atoms with E-state index in [4.69, 9.17) is 5.73 Å². The lowest BCUT2D eigenvalue weighted by molar-refractivity contribution is -0.130. The fourth-order valence-electron chi connectivity index (χ4n) is 0.983. The minimum Gasteiger partial charge on any atom is -0.388 e. The number of nitrogens with two attached hydrogens (primary N) is 1. The van der Waals surface area contributed by atoms with Crippen LogP contribution in [0, 0.1) is 5.41 Å². The van der Waals surface area contributed by atoms with Crippen LogP contribution in [0.15, 0.2) is 21.8 Å². The molecular weight excluding hydrogens is 293 g/mol. The zero-order chi connectivity index (χ0) is 11.4. The summed E-state index contributed by atoms with van der Waals surface area (Å²) in [5, 5.41) is 9.84. The Morgan fingerprint density at radius 1 is 1.57 bits per heavy atom. The summed E-state index contributed by atoms with van der Waals surface area (Å²) >= 11 is 2.08. The molecule has 0 unspecified atom stereocenters. The second-order valence-corrected chi connectivity index (χ2v) is 4.44. The predicted octanol–water partition coefficient (Wildman–Crippen LogP) is 1.75. The number of halogens is 1. The molecule has 3 N–H and O–H groups in total. The van der Waals surface area contributed by atoms with Crippen molar-refractivity contribution in [3.8, 4) is 0 Å². The smallest absolute Gasteiger partial charge is 0.226 e. The van der Waals surface area contributed by atoms with Gasteiger partial charge in [0, 0.05) is 0 Å². The molecule has 0 radical (unpaired) electrons. The van der Waals surface area contributed by atoms with Gasteiger partial charge in [-0.05, 0) is 30.4 Å². The lowest BCUT2D eigenvalue weighted by Gasteiger charge is -2.27. The molecule has 0 aromatic heterocycles. The van der Waals surface area contributed by atoms with Crippen LogP contribution < -0.4 is 5.73 Å². The number of primary amides is 1. The van der Waals surface area contributed by atoms with E-state index in [-0.39, 0.29) is 0 Å². The molecule has 0 rings (SSSR count). The Balaban J connectivity index is 4.77. The van der Waals surface area contributed by atoms with Crippen LogP contribution in [0.25, 0.3) is 0 Å². The fourth-order valence-corrected chi connectivity index (χ4v) is 1.19. The van der Waals surface area contributed by atoms with E-state index in [2.05, 4.69) is 22.6 Å². The van der Waals surface area contributed by atoms with Crippen LogP contribution >= 0.6 is 22.6 Å². The summed E-state index contributed by atoms with van der Waals surface area (Å²) in [5.41, 5.74) is 4.98. The van der Waals surface area contributed by atoms with Gasteiger partial charge >= 0.3 is 0 Å². The van der Waals surface area contributed by atoms with Gasteiger partial charge in [0.15, 0.2) is 0 Å². The second-order valence-electron chi connectivity index (χ2n) is 3.72. The maximum absolute atomic E-state index is 11.1. The first kappa shape index (κ1) is 13.6. The van der Waals surface area contributed by atoms with E-state index < -0.39 is 17.4 Å². The summed E-state index contributed by atoms with van der Waals surface area (Å²) in [7, 11) is 0. The molecule has 0 fully saturated rings. The van der Waals surface area contributed by atoms with Crippen LogP contribution in [0.3, 0.4) is 0 Å². The van der Waals surface area contributed by atoms with Crippen molar-refractivity contribution in [3.05, 3.63) is 21.8 Å². The summed E-state index contributed by atoms with van der Waals surface area (Å²) in [4.78, 5) is 11.1. The van der Waals surface area contributed by atoms with E-state index in [9.17, 15) is 9.90 Å². The Kier molecular flexibility index (Phi) is 5.36. The molecule has 0 aliphatic carbocycles. The van der Waals surface area contributed by atoms with Gasteiger partial charge in [-0.2, -0.15) is 0 Å². The highest BCUT2D eigenvalue weighted by Crippen LogP contribution is 2.25. The third-order valence-electron chi connectivity index (χ3n) is 2.18. The number of rotatable bonds is 4. The maximum atomic E-state index is 11.1. The normalized spacial score (nSPS) is 15.9. The van der Waals surface area contributed by atoms with Crippen LogP contribution in [0.4, 0.5) is 0 Å². The number of carbonyl (C=O) groups excluding carboxylic acids is 1. The molecule has 1 amide bonds. The Bertz CT molecular complexity index is 269. The Morgan fingerprint density at radius 3 is 2.43 bits per heavy atom. The molecule has 0 heterocycles. The number of carbonyl (C=O) groups is 1. The van der Waals surface area contributed by atoms with Gasteiger partial charge < -0.3 is 10.8 Å². The molecule has 0 spiro atoms. The zero-order valence-electron chi connectivity index (χ0n) is 8.62. The molecular formula is C10H16INO2. The Morgan fingerprint density at radius 2 is 2.07 bits per heavy atom. The van der Waals surface area contributed by atoms with Crippen molar-refractivity contribution in [1.82, 2.24) is 0 Å². The van der Waals surface area contributed by atoms with Gasteiger partial charge in [0.2, 0.25) is 5.91 Å². The lowest BCUT2D eigenvalue weighted by Crippen LogP contribution is -2.42. The molecule has 0 aliphatic heterocycles. The van der Waals surface area contributed by atoms with Gasteiger partial charge in [-0.3, -0.25) is 4.79 Å². The Hall–Kier alpha value is -0.360. The number of aliphatic hydroxyl groups excluding tert-OH is 1. The number of amides is 1. The summed E-state index contributed by atoms with van der Waals surface area (Å²) in [6.07, 6.45) is 2.73. The summed E-state index contributed by atoms with van der Waals surface area (Å²) in [5.74, 6) is -0.504. The van der Waals surface area contributed by atoms with Gasteiger partial charge in [0.05, 0.1) is 11.5 Å². The molecule has 0 saturated heterocycles. The lowest BCUT2D eigenvalue weighted by atomic mass is 9.82. The van der Waals surface area contributed by atoms with Crippen molar-refractivity contribution in [1.29, 1.82) is 0 Å². The van der Waals surface area contributed by atoms with Crippen LogP contribution in [0.1, 0.15) is 20.8 Å². The summed E-state index contributed by atoms with van der Waals surface area (Å²) in [6.45, 7) is 5.03. The maximum Gasteiger partial charge on any atom is 0.226 e. The molecule has 3 nitrogen and oxygen atoms in total. The van der Waals surface area contributed by atoms with E-state index in [1.54, 1.807) is 32.9 Å². The van der Waals surface area contributed by atoms with Gasteiger partial charge in [0.25, 0.3) is 0 Å². The number of allylic oxidation sites excluding steroid dienone is 2. The van der Waals surface area contributed by atoms with E-state index in [1.165, 1.54) is 0 Å². The number of aliphatic hydroxyl groups is 1. The van der Waals surface area contributed by atoms with Crippen molar-refractivity contribution < 1.29 is 9.90 Å². The second kappa shape index (κ2) is 5.50. The number of hydrogen-bond acceptors (Lipinski definition) is 2. The average molecular weight is 309 g/mol. The van der Waals surface area contributed by atoms with Crippen molar-refractivity contribution in [3.63, 3.8) is 0 Å². The van der Waals surface area contributed by atoms with E-state index in [0.717, 1.165) is 5.57 Å².